The Morgan fingerprint density at radius 1 is 1.38 bits per heavy atom. The number of rotatable bonds is 6. The lowest BCUT2D eigenvalue weighted by Gasteiger charge is -2.32. The Balaban J connectivity index is 1.99. The number of carbonyl (C=O) groups is 1. The molecule has 1 aromatic rings. The second-order valence-corrected chi connectivity index (χ2v) is 5.25. The van der Waals surface area contributed by atoms with Crippen molar-refractivity contribution >= 4 is 5.91 Å². The van der Waals surface area contributed by atoms with Crippen molar-refractivity contribution in [3.05, 3.63) is 48.6 Å². The van der Waals surface area contributed by atoms with Gasteiger partial charge < -0.3 is 14.4 Å². The van der Waals surface area contributed by atoms with Gasteiger partial charge in [0, 0.05) is 19.0 Å². The average Bonchev–Trinajstić information content (AvgIpc) is 2.56. The standard InChI is InChI=1S/C17H23NO3/c1-3-14(2)16(17(19)18-9-11-20-12-10-18)21-13-15-7-5-4-6-8-15/h3-8,14,16H,1,9-13H2,2H3/t14-,16+/m0/s1. The predicted molar refractivity (Wildman–Crippen MR) is 81.8 cm³/mol. The third-order valence-electron chi connectivity index (χ3n) is 3.69. The van der Waals surface area contributed by atoms with E-state index < -0.39 is 6.10 Å². The van der Waals surface area contributed by atoms with E-state index in [4.69, 9.17) is 9.47 Å². The van der Waals surface area contributed by atoms with E-state index in [0.717, 1.165) is 5.56 Å². The van der Waals surface area contributed by atoms with Crippen molar-refractivity contribution in [1.29, 1.82) is 0 Å². The predicted octanol–water partition coefficient (Wildman–Crippen LogP) is 2.25. The number of morpholine rings is 1. The van der Waals surface area contributed by atoms with Crippen molar-refractivity contribution in [2.75, 3.05) is 26.3 Å². The summed E-state index contributed by atoms with van der Waals surface area (Å²) >= 11 is 0. The van der Waals surface area contributed by atoms with Crippen LogP contribution in [0, 0.1) is 5.92 Å². The molecule has 0 aromatic heterocycles. The molecule has 2 rings (SSSR count). The summed E-state index contributed by atoms with van der Waals surface area (Å²) in [5, 5.41) is 0. The number of carbonyl (C=O) groups excluding carboxylic acids is 1. The van der Waals surface area contributed by atoms with Gasteiger partial charge in [0.2, 0.25) is 0 Å². The Morgan fingerprint density at radius 3 is 2.67 bits per heavy atom. The van der Waals surface area contributed by atoms with Crippen LogP contribution in [0.25, 0.3) is 0 Å². The van der Waals surface area contributed by atoms with Crippen LogP contribution in [0.2, 0.25) is 0 Å². The Bertz CT molecular complexity index is 454. The van der Waals surface area contributed by atoms with E-state index in [9.17, 15) is 4.79 Å². The van der Waals surface area contributed by atoms with Crippen LogP contribution in [0.3, 0.4) is 0 Å². The Morgan fingerprint density at radius 2 is 2.05 bits per heavy atom. The van der Waals surface area contributed by atoms with Crippen molar-refractivity contribution in [2.45, 2.75) is 19.6 Å². The molecule has 4 heteroatoms. The van der Waals surface area contributed by atoms with Crippen LogP contribution in [-0.2, 0) is 20.9 Å². The molecule has 1 saturated heterocycles. The van der Waals surface area contributed by atoms with Crippen molar-refractivity contribution < 1.29 is 14.3 Å². The van der Waals surface area contributed by atoms with Crippen LogP contribution in [0.1, 0.15) is 12.5 Å². The molecule has 4 nitrogen and oxygen atoms in total. The Hall–Kier alpha value is -1.65. The number of hydrogen-bond acceptors (Lipinski definition) is 3. The highest BCUT2D eigenvalue weighted by Crippen LogP contribution is 2.15. The summed E-state index contributed by atoms with van der Waals surface area (Å²) in [5.74, 6) is 0.00527. The zero-order valence-electron chi connectivity index (χ0n) is 12.5. The van der Waals surface area contributed by atoms with Gasteiger partial charge in [0.15, 0.2) is 0 Å². The van der Waals surface area contributed by atoms with E-state index >= 15 is 0 Å². The summed E-state index contributed by atoms with van der Waals surface area (Å²) in [6, 6.07) is 9.89. The largest absolute Gasteiger partial charge is 0.378 e. The molecule has 114 valence electrons. The van der Waals surface area contributed by atoms with Gasteiger partial charge in [-0.1, -0.05) is 43.3 Å². The number of amides is 1. The molecule has 1 aliphatic rings. The smallest absolute Gasteiger partial charge is 0.252 e. The third-order valence-corrected chi connectivity index (χ3v) is 3.69. The number of benzene rings is 1. The molecule has 2 atom stereocenters. The van der Waals surface area contributed by atoms with Gasteiger partial charge in [-0.05, 0) is 5.56 Å². The lowest BCUT2D eigenvalue weighted by Crippen LogP contribution is -2.48. The third kappa shape index (κ3) is 4.41. The molecule has 0 bridgehead atoms. The van der Waals surface area contributed by atoms with E-state index in [1.165, 1.54) is 0 Å². The van der Waals surface area contributed by atoms with Crippen LogP contribution < -0.4 is 0 Å². The van der Waals surface area contributed by atoms with E-state index in [2.05, 4.69) is 6.58 Å². The van der Waals surface area contributed by atoms with Gasteiger partial charge in [-0.3, -0.25) is 4.79 Å². The molecule has 21 heavy (non-hydrogen) atoms. The fourth-order valence-electron chi connectivity index (χ4n) is 2.30. The van der Waals surface area contributed by atoms with Gasteiger partial charge in [-0.25, -0.2) is 0 Å². The molecule has 1 aliphatic heterocycles. The second-order valence-electron chi connectivity index (χ2n) is 5.25. The fraction of sp³-hybridized carbons (Fsp3) is 0.471. The summed E-state index contributed by atoms with van der Waals surface area (Å²) in [7, 11) is 0. The summed E-state index contributed by atoms with van der Waals surface area (Å²) < 4.78 is 11.2. The molecule has 1 amide bonds. The lowest BCUT2D eigenvalue weighted by atomic mass is 10.0. The Kier molecular flexibility index (Phi) is 5.96. The van der Waals surface area contributed by atoms with E-state index in [0.29, 0.717) is 32.9 Å². The molecular weight excluding hydrogens is 266 g/mol. The van der Waals surface area contributed by atoms with Crippen LogP contribution >= 0.6 is 0 Å². The number of nitrogens with zero attached hydrogens (tertiary/aromatic N) is 1. The lowest BCUT2D eigenvalue weighted by molar-refractivity contribution is -0.151. The maximum atomic E-state index is 12.6. The van der Waals surface area contributed by atoms with Crippen LogP contribution in [-0.4, -0.2) is 43.2 Å². The molecule has 1 heterocycles. The van der Waals surface area contributed by atoms with Gasteiger partial charge in [-0.15, -0.1) is 6.58 Å². The minimum Gasteiger partial charge on any atom is -0.378 e. The van der Waals surface area contributed by atoms with Gasteiger partial charge in [0.25, 0.3) is 5.91 Å². The summed E-state index contributed by atoms with van der Waals surface area (Å²) in [6.45, 7) is 8.64. The Labute approximate surface area is 126 Å². The molecule has 1 fully saturated rings. The number of hydrogen-bond donors (Lipinski definition) is 0. The van der Waals surface area contributed by atoms with E-state index in [-0.39, 0.29) is 11.8 Å². The van der Waals surface area contributed by atoms with Crippen molar-refractivity contribution in [1.82, 2.24) is 4.90 Å². The normalized spacial score (nSPS) is 18.0. The van der Waals surface area contributed by atoms with Crippen molar-refractivity contribution in [2.24, 2.45) is 5.92 Å². The maximum absolute atomic E-state index is 12.6. The van der Waals surface area contributed by atoms with Crippen LogP contribution in [0.15, 0.2) is 43.0 Å². The monoisotopic (exact) mass is 289 g/mol. The zero-order valence-corrected chi connectivity index (χ0v) is 12.5. The molecule has 1 aromatic carbocycles. The molecule has 0 spiro atoms. The van der Waals surface area contributed by atoms with Gasteiger partial charge >= 0.3 is 0 Å². The minimum absolute atomic E-state index is 0.0240. The quantitative estimate of drug-likeness (QED) is 0.754. The molecule has 0 aliphatic carbocycles. The van der Waals surface area contributed by atoms with E-state index in [1.807, 2.05) is 42.2 Å². The second kappa shape index (κ2) is 7.96. The van der Waals surface area contributed by atoms with Gasteiger partial charge in [0.1, 0.15) is 6.10 Å². The van der Waals surface area contributed by atoms with E-state index in [1.54, 1.807) is 6.08 Å². The first-order chi connectivity index (χ1) is 10.2. The topological polar surface area (TPSA) is 38.8 Å². The highest BCUT2D eigenvalue weighted by molar-refractivity contribution is 5.81. The minimum atomic E-state index is -0.485. The van der Waals surface area contributed by atoms with Crippen LogP contribution in [0.5, 0.6) is 0 Å². The van der Waals surface area contributed by atoms with Crippen molar-refractivity contribution in [3.8, 4) is 0 Å². The molecule has 0 saturated carbocycles. The average molecular weight is 289 g/mol. The summed E-state index contributed by atoms with van der Waals surface area (Å²) in [5.41, 5.74) is 1.06. The number of ether oxygens (including phenoxy) is 2. The molecular formula is C17H23NO3. The van der Waals surface area contributed by atoms with Crippen molar-refractivity contribution in [3.63, 3.8) is 0 Å². The summed E-state index contributed by atoms with van der Waals surface area (Å²) in [6.07, 6.45) is 1.29. The first-order valence-electron chi connectivity index (χ1n) is 7.37. The maximum Gasteiger partial charge on any atom is 0.252 e. The van der Waals surface area contributed by atoms with Crippen LogP contribution in [0.4, 0.5) is 0 Å². The molecule has 0 unspecified atom stereocenters. The van der Waals surface area contributed by atoms with Gasteiger partial charge in [-0.2, -0.15) is 0 Å². The molecule has 0 radical (unpaired) electrons. The first kappa shape index (κ1) is 15.7. The SMILES string of the molecule is C=C[C@H](C)[C@@H](OCc1ccccc1)C(=O)N1CCOCC1. The van der Waals surface area contributed by atoms with Gasteiger partial charge in [0.05, 0.1) is 19.8 Å². The zero-order chi connectivity index (χ0) is 15.1. The molecule has 0 N–H and O–H groups in total. The first-order valence-corrected chi connectivity index (χ1v) is 7.37. The fourth-order valence-corrected chi connectivity index (χ4v) is 2.30. The highest BCUT2D eigenvalue weighted by Gasteiger charge is 2.29. The highest BCUT2D eigenvalue weighted by atomic mass is 16.5. The summed E-state index contributed by atoms with van der Waals surface area (Å²) in [4.78, 5) is 14.4.